The van der Waals surface area contributed by atoms with Crippen molar-refractivity contribution in [2.45, 2.75) is 66.4 Å². The number of hydrogen-bond donors (Lipinski definition) is 3. The summed E-state index contributed by atoms with van der Waals surface area (Å²) >= 11 is 0. The molecule has 0 bridgehead atoms. The van der Waals surface area contributed by atoms with E-state index in [2.05, 4.69) is 32.1 Å². The molecule has 0 spiro atoms. The predicted octanol–water partition coefficient (Wildman–Crippen LogP) is 4.37. The van der Waals surface area contributed by atoms with E-state index in [4.69, 9.17) is 9.90 Å². The Morgan fingerprint density at radius 3 is 2.19 bits per heavy atom. The summed E-state index contributed by atoms with van der Waals surface area (Å²) in [5, 5.41) is 28.3. The van der Waals surface area contributed by atoms with E-state index in [1.807, 2.05) is 26.8 Å². The highest BCUT2D eigenvalue weighted by Crippen LogP contribution is 2.64. The van der Waals surface area contributed by atoms with Crippen molar-refractivity contribution < 1.29 is 24.9 Å². The van der Waals surface area contributed by atoms with E-state index in [1.54, 1.807) is 0 Å². The minimum atomic E-state index is -0.833. The van der Waals surface area contributed by atoms with E-state index in [-0.39, 0.29) is 29.1 Å². The van der Waals surface area contributed by atoms with Crippen molar-refractivity contribution in [2.75, 3.05) is 0 Å². The maximum absolute atomic E-state index is 12.0. The molecule has 3 aliphatic rings. The molecule has 7 unspecified atom stereocenters. The van der Waals surface area contributed by atoms with Gasteiger partial charge in [-0.15, -0.1) is 0 Å². The molecule has 0 saturated heterocycles. The van der Waals surface area contributed by atoms with Crippen LogP contribution in [0.3, 0.4) is 0 Å². The predicted molar refractivity (Wildman–Crippen MR) is 106 cm³/mol. The Labute approximate surface area is 163 Å². The van der Waals surface area contributed by atoms with Crippen LogP contribution >= 0.6 is 0 Å². The van der Waals surface area contributed by atoms with Gasteiger partial charge in [0.1, 0.15) is 0 Å². The van der Waals surface area contributed by atoms with Crippen LogP contribution in [0.25, 0.3) is 0 Å². The molecule has 0 aromatic heterocycles. The van der Waals surface area contributed by atoms with Crippen LogP contribution in [-0.4, -0.2) is 32.9 Å². The molecular formula is C22H36O5. The highest BCUT2D eigenvalue weighted by Gasteiger charge is 2.64. The lowest BCUT2D eigenvalue weighted by molar-refractivity contribution is -0.147. The molecular weight excluding hydrogens is 344 g/mol. The first-order valence-electron chi connectivity index (χ1n) is 10.0. The van der Waals surface area contributed by atoms with Gasteiger partial charge in [0, 0.05) is 12.3 Å². The maximum atomic E-state index is 12.0. The van der Waals surface area contributed by atoms with Crippen LogP contribution in [0.4, 0.5) is 0 Å². The Hall–Kier alpha value is -1.62. The lowest BCUT2D eigenvalue weighted by atomic mass is 9.65. The van der Waals surface area contributed by atoms with Crippen molar-refractivity contribution in [3.63, 3.8) is 0 Å². The number of carbonyl (C=O) groups is 2. The zero-order valence-electron chi connectivity index (χ0n) is 17.5. The van der Waals surface area contributed by atoms with Gasteiger partial charge in [-0.3, -0.25) is 9.59 Å². The molecule has 5 nitrogen and oxygen atoms in total. The zero-order chi connectivity index (χ0) is 21.0. The van der Waals surface area contributed by atoms with Crippen LogP contribution in [0, 0.1) is 35.0 Å². The van der Waals surface area contributed by atoms with E-state index in [1.165, 1.54) is 0 Å². The summed E-state index contributed by atoms with van der Waals surface area (Å²) in [5.41, 5.74) is -1.14. The molecule has 1 fully saturated rings. The number of rotatable bonds is 1. The second-order valence-corrected chi connectivity index (χ2v) is 8.24. The molecule has 0 aromatic carbocycles. The highest BCUT2D eigenvalue weighted by molar-refractivity contribution is 5.73. The van der Waals surface area contributed by atoms with Crippen molar-refractivity contribution in [1.82, 2.24) is 0 Å². The Morgan fingerprint density at radius 2 is 1.67 bits per heavy atom. The minimum absolute atomic E-state index is 0.00833. The van der Waals surface area contributed by atoms with Crippen LogP contribution < -0.4 is 0 Å². The van der Waals surface area contributed by atoms with E-state index in [0.717, 1.165) is 19.8 Å². The molecule has 154 valence electrons. The van der Waals surface area contributed by atoms with Crippen LogP contribution in [0.1, 0.15) is 60.8 Å². The van der Waals surface area contributed by atoms with Gasteiger partial charge < -0.3 is 15.3 Å². The molecule has 5 heteroatoms. The molecule has 3 aliphatic carbocycles. The SMILES string of the molecule is CC.CC(=O)O.CC1C=CCC(C)(O)C2C1C(C(=O)O)C1(C)C=CCCC21. The van der Waals surface area contributed by atoms with Gasteiger partial charge in [-0.25, -0.2) is 0 Å². The van der Waals surface area contributed by atoms with Gasteiger partial charge in [0.05, 0.1) is 11.5 Å². The number of fused-ring (bicyclic) bond motifs is 3. The second-order valence-electron chi connectivity index (χ2n) is 8.24. The average Bonchev–Trinajstić information content (AvgIpc) is 2.79. The molecule has 0 radical (unpaired) electrons. The van der Waals surface area contributed by atoms with Gasteiger partial charge in [0.2, 0.25) is 0 Å². The molecule has 0 aromatic rings. The third kappa shape index (κ3) is 4.63. The summed E-state index contributed by atoms with van der Waals surface area (Å²) in [6.07, 6.45) is 11.0. The third-order valence-corrected chi connectivity index (χ3v) is 6.39. The Balaban J connectivity index is 0.000000541. The number of allylic oxidation sites excluding steroid dienone is 3. The Kier molecular flexibility index (Phi) is 7.85. The minimum Gasteiger partial charge on any atom is -0.481 e. The quantitative estimate of drug-likeness (QED) is 0.587. The largest absolute Gasteiger partial charge is 0.481 e. The van der Waals surface area contributed by atoms with E-state index in [0.29, 0.717) is 6.42 Å². The van der Waals surface area contributed by atoms with Crippen LogP contribution in [0.2, 0.25) is 0 Å². The zero-order valence-corrected chi connectivity index (χ0v) is 17.5. The first kappa shape index (κ1) is 23.4. The fourth-order valence-electron chi connectivity index (χ4n) is 5.53. The molecule has 0 heterocycles. The summed E-state index contributed by atoms with van der Waals surface area (Å²) in [4.78, 5) is 21.0. The van der Waals surface area contributed by atoms with Crippen molar-refractivity contribution in [3.05, 3.63) is 24.3 Å². The van der Waals surface area contributed by atoms with E-state index >= 15 is 0 Å². The van der Waals surface area contributed by atoms with Crippen LogP contribution in [0.15, 0.2) is 24.3 Å². The van der Waals surface area contributed by atoms with Crippen LogP contribution in [-0.2, 0) is 9.59 Å². The van der Waals surface area contributed by atoms with Gasteiger partial charge in [-0.1, -0.05) is 52.0 Å². The number of hydrogen-bond acceptors (Lipinski definition) is 3. The summed E-state index contributed by atoms with van der Waals surface area (Å²) < 4.78 is 0. The standard InChI is InChI=1S/C18H26O3.C2H4O2.C2H6/c1-11-7-6-10-18(3,21)14-12-8-4-5-9-17(12,2)15(13(11)14)16(19)20;1-2(3)4;1-2/h5-7,9,11-15,21H,4,8,10H2,1-3H3,(H,19,20);1H3,(H,3,4);1-2H3. The first-order chi connectivity index (χ1) is 12.5. The smallest absolute Gasteiger partial charge is 0.307 e. The Morgan fingerprint density at radius 1 is 1.11 bits per heavy atom. The fourth-order valence-corrected chi connectivity index (χ4v) is 5.53. The van der Waals surface area contributed by atoms with E-state index < -0.39 is 23.5 Å². The summed E-state index contributed by atoms with van der Waals surface area (Å²) in [7, 11) is 0. The van der Waals surface area contributed by atoms with Gasteiger partial charge in [0.25, 0.3) is 5.97 Å². The topological polar surface area (TPSA) is 94.8 Å². The molecule has 3 N–H and O–H groups in total. The second kappa shape index (κ2) is 9.05. The monoisotopic (exact) mass is 380 g/mol. The van der Waals surface area contributed by atoms with Crippen LogP contribution in [0.5, 0.6) is 0 Å². The number of carboxylic acids is 2. The first-order valence-corrected chi connectivity index (χ1v) is 10.0. The van der Waals surface area contributed by atoms with Gasteiger partial charge >= 0.3 is 5.97 Å². The molecule has 0 aliphatic heterocycles. The van der Waals surface area contributed by atoms with Gasteiger partial charge in [-0.2, -0.15) is 0 Å². The third-order valence-electron chi connectivity index (χ3n) is 6.39. The molecule has 0 amide bonds. The summed E-state index contributed by atoms with van der Waals surface area (Å²) in [5.74, 6) is -1.44. The van der Waals surface area contributed by atoms with E-state index in [9.17, 15) is 15.0 Å². The lowest BCUT2D eigenvalue weighted by Gasteiger charge is -2.41. The number of aliphatic hydroxyl groups is 1. The highest BCUT2D eigenvalue weighted by atomic mass is 16.4. The fraction of sp³-hybridized carbons (Fsp3) is 0.727. The van der Waals surface area contributed by atoms with Gasteiger partial charge in [0.15, 0.2) is 0 Å². The molecule has 1 saturated carbocycles. The molecule has 27 heavy (non-hydrogen) atoms. The number of aliphatic carboxylic acids is 2. The number of carboxylic acid groups (broad SMARTS) is 2. The lowest BCUT2D eigenvalue weighted by Crippen LogP contribution is -2.42. The van der Waals surface area contributed by atoms with Crippen molar-refractivity contribution in [1.29, 1.82) is 0 Å². The van der Waals surface area contributed by atoms with Crippen molar-refractivity contribution >= 4 is 11.9 Å². The molecule has 3 rings (SSSR count). The molecule has 7 atom stereocenters. The van der Waals surface area contributed by atoms with Crippen molar-refractivity contribution in [2.24, 2.45) is 35.0 Å². The summed E-state index contributed by atoms with van der Waals surface area (Å²) in [6.45, 7) is 11.2. The van der Waals surface area contributed by atoms with Gasteiger partial charge in [-0.05, 0) is 49.9 Å². The Bertz CT molecular complexity index is 588. The average molecular weight is 381 g/mol. The maximum Gasteiger partial charge on any atom is 0.307 e. The van der Waals surface area contributed by atoms with Crippen molar-refractivity contribution in [3.8, 4) is 0 Å². The normalized spacial score (nSPS) is 41.7. The summed E-state index contributed by atoms with van der Waals surface area (Å²) in [6, 6.07) is 0.